The number of furan rings is 1. The molecule has 0 saturated carbocycles. The molecule has 3 aromatic heterocycles. The summed E-state index contributed by atoms with van der Waals surface area (Å²) in [5.41, 5.74) is 3.06. The Kier molecular flexibility index (Phi) is 4.30. The average molecular weight is 440 g/mol. The monoisotopic (exact) mass is 440 g/mol. The molecular formula is C23H15F3N2O2S. The van der Waals surface area contributed by atoms with Crippen LogP contribution in [-0.4, -0.2) is 9.38 Å². The summed E-state index contributed by atoms with van der Waals surface area (Å²) in [6, 6.07) is 12.1. The number of benzene rings is 2. The lowest BCUT2D eigenvalue weighted by atomic mass is 10.1. The van der Waals surface area contributed by atoms with E-state index in [2.05, 4.69) is 4.98 Å². The average Bonchev–Trinajstić information content (AvgIpc) is 3.39. The lowest BCUT2D eigenvalue weighted by Gasteiger charge is -2.07. The molecule has 0 fully saturated rings. The van der Waals surface area contributed by atoms with Crippen molar-refractivity contribution >= 4 is 33.4 Å². The molecule has 0 aliphatic rings. The summed E-state index contributed by atoms with van der Waals surface area (Å²) in [5.74, 6) is 0.674. The summed E-state index contributed by atoms with van der Waals surface area (Å²) in [6.07, 6.45) is -2.84. The van der Waals surface area contributed by atoms with E-state index in [1.165, 1.54) is 17.4 Å². The van der Waals surface area contributed by atoms with Gasteiger partial charge in [0, 0.05) is 11.6 Å². The third-order valence-corrected chi connectivity index (χ3v) is 6.20. The van der Waals surface area contributed by atoms with E-state index in [1.54, 1.807) is 28.7 Å². The third-order valence-electron chi connectivity index (χ3n) is 5.23. The maximum Gasteiger partial charge on any atom is 0.416 e. The number of alkyl halides is 3. The fourth-order valence-electron chi connectivity index (χ4n) is 3.48. The zero-order chi connectivity index (χ0) is 21.9. The Labute approximate surface area is 177 Å². The Bertz CT molecular complexity index is 1570. The van der Waals surface area contributed by atoms with E-state index in [0.717, 1.165) is 34.3 Å². The quantitative estimate of drug-likeness (QED) is 0.372. The molecule has 156 valence electrons. The van der Waals surface area contributed by atoms with Crippen LogP contribution in [0, 0.1) is 13.8 Å². The normalized spacial score (nSPS) is 13.0. The van der Waals surface area contributed by atoms with Crippen LogP contribution in [0.5, 0.6) is 0 Å². The molecule has 2 aromatic carbocycles. The summed E-state index contributed by atoms with van der Waals surface area (Å²) < 4.78 is 46.6. The zero-order valence-corrected chi connectivity index (χ0v) is 17.3. The number of hydrogen-bond acceptors (Lipinski definition) is 4. The molecule has 0 amide bonds. The summed E-state index contributed by atoms with van der Waals surface area (Å²) in [5, 5.41) is 0. The van der Waals surface area contributed by atoms with E-state index in [9.17, 15) is 18.0 Å². The highest BCUT2D eigenvalue weighted by molar-refractivity contribution is 7.15. The molecule has 3 heterocycles. The Balaban J connectivity index is 1.58. The Morgan fingerprint density at radius 2 is 1.84 bits per heavy atom. The van der Waals surface area contributed by atoms with E-state index in [0.29, 0.717) is 26.6 Å². The molecule has 0 aliphatic carbocycles. The van der Waals surface area contributed by atoms with E-state index in [-0.39, 0.29) is 5.56 Å². The Morgan fingerprint density at radius 3 is 2.61 bits per heavy atom. The molecule has 4 nitrogen and oxygen atoms in total. The van der Waals surface area contributed by atoms with E-state index < -0.39 is 11.7 Å². The van der Waals surface area contributed by atoms with Gasteiger partial charge in [0.15, 0.2) is 4.96 Å². The van der Waals surface area contributed by atoms with Crippen LogP contribution in [0.4, 0.5) is 13.2 Å². The summed E-state index contributed by atoms with van der Waals surface area (Å²) in [6.45, 7) is 3.98. The van der Waals surface area contributed by atoms with Gasteiger partial charge in [-0.3, -0.25) is 4.79 Å². The number of halogens is 3. The second-order valence-electron chi connectivity index (χ2n) is 7.35. The van der Waals surface area contributed by atoms with Crippen LogP contribution in [0.2, 0.25) is 0 Å². The van der Waals surface area contributed by atoms with Gasteiger partial charge in [0.05, 0.1) is 16.6 Å². The lowest BCUT2D eigenvalue weighted by molar-refractivity contribution is -0.137. The Hall–Kier alpha value is -3.39. The molecule has 31 heavy (non-hydrogen) atoms. The number of rotatable bonds is 2. The molecular weight excluding hydrogens is 425 g/mol. The second kappa shape index (κ2) is 6.81. The van der Waals surface area contributed by atoms with Gasteiger partial charge in [0.25, 0.3) is 5.56 Å². The SMILES string of the molecule is Cc1cc2nc3sc(=Cc4ccc(-c5cccc(C(F)(F)F)c5)o4)c(=O)n3c2cc1C. The first-order valence-electron chi connectivity index (χ1n) is 9.42. The highest BCUT2D eigenvalue weighted by atomic mass is 32.1. The van der Waals surface area contributed by atoms with Crippen molar-refractivity contribution in [2.75, 3.05) is 0 Å². The molecule has 0 N–H and O–H groups in total. The smallest absolute Gasteiger partial charge is 0.416 e. The summed E-state index contributed by atoms with van der Waals surface area (Å²) >= 11 is 1.24. The minimum absolute atomic E-state index is 0.206. The van der Waals surface area contributed by atoms with Crippen molar-refractivity contribution in [3.8, 4) is 11.3 Å². The standard InChI is InChI=1S/C23H15F3N2O2S/c1-12-8-17-18(9-13(12)2)28-21(29)20(31-22(28)27-17)11-16-6-7-19(30-16)14-4-3-5-15(10-14)23(24,25)26/h3-11H,1-2H3. The highest BCUT2D eigenvalue weighted by Gasteiger charge is 2.30. The van der Waals surface area contributed by atoms with Crippen molar-refractivity contribution < 1.29 is 17.6 Å². The van der Waals surface area contributed by atoms with Gasteiger partial charge in [0.2, 0.25) is 0 Å². The molecule has 0 unspecified atom stereocenters. The first kappa shape index (κ1) is 19.6. The molecule has 0 atom stereocenters. The van der Waals surface area contributed by atoms with Gasteiger partial charge < -0.3 is 4.42 Å². The molecule has 5 aromatic rings. The molecule has 0 saturated heterocycles. The van der Waals surface area contributed by atoms with Gasteiger partial charge in [0.1, 0.15) is 16.1 Å². The number of aromatic nitrogens is 2. The van der Waals surface area contributed by atoms with E-state index in [1.807, 2.05) is 26.0 Å². The second-order valence-corrected chi connectivity index (χ2v) is 8.36. The predicted octanol–water partition coefficient (Wildman–Crippen LogP) is 5.35. The number of thiazole rings is 1. The maximum absolute atomic E-state index is 13.0. The molecule has 0 aliphatic heterocycles. The first-order valence-corrected chi connectivity index (χ1v) is 10.2. The largest absolute Gasteiger partial charge is 0.457 e. The van der Waals surface area contributed by atoms with Crippen LogP contribution in [0.25, 0.3) is 33.4 Å². The van der Waals surface area contributed by atoms with Crippen molar-refractivity contribution in [1.29, 1.82) is 0 Å². The number of hydrogen-bond donors (Lipinski definition) is 0. The van der Waals surface area contributed by atoms with Crippen molar-refractivity contribution in [2.24, 2.45) is 0 Å². The third kappa shape index (κ3) is 3.33. The van der Waals surface area contributed by atoms with Crippen molar-refractivity contribution in [2.45, 2.75) is 20.0 Å². The van der Waals surface area contributed by atoms with Crippen LogP contribution >= 0.6 is 11.3 Å². The van der Waals surface area contributed by atoms with Crippen LogP contribution in [-0.2, 0) is 6.18 Å². The lowest BCUT2D eigenvalue weighted by Crippen LogP contribution is -2.22. The van der Waals surface area contributed by atoms with E-state index in [4.69, 9.17) is 4.42 Å². The van der Waals surface area contributed by atoms with E-state index >= 15 is 0 Å². The topological polar surface area (TPSA) is 47.5 Å². The number of fused-ring (bicyclic) bond motifs is 3. The molecule has 0 radical (unpaired) electrons. The minimum Gasteiger partial charge on any atom is -0.457 e. The van der Waals surface area contributed by atoms with Gasteiger partial charge in [-0.25, -0.2) is 9.38 Å². The van der Waals surface area contributed by atoms with Crippen molar-refractivity contribution in [1.82, 2.24) is 9.38 Å². The number of nitrogens with zero attached hydrogens (tertiary/aromatic N) is 2. The van der Waals surface area contributed by atoms with Gasteiger partial charge >= 0.3 is 6.18 Å². The predicted molar refractivity (Wildman–Crippen MR) is 114 cm³/mol. The molecule has 0 bridgehead atoms. The van der Waals surface area contributed by atoms with Crippen LogP contribution in [0.1, 0.15) is 22.5 Å². The number of aryl methyl sites for hydroxylation is 2. The molecule has 5 rings (SSSR count). The van der Waals surface area contributed by atoms with Crippen LogP contribution < -0.4 is 10.1 Å². The van der Waals surface area contributed by atoms with Gasteiger partial charge in [-0.2, -0.15) is 13.2 Å². The van der Waals surface area contributed by atoms with Gasteiger partial charge in [-0.15, -0.1) is 0 Å². The van der Waals surface area contributed by atoms with Crippen LogP contribution in [0.3, 0.4) is 0 Å². The van der Waals surface area contributed by atoms with Gasteiger partial charge in [-0.05, 0) is 61.4 Å². The summed E-state index contributed by atoms with van der Waals surface area (Å²) in [4.78, 5) is 18.1. The first-order chi connectivity index (χ1) is 14.7. The van der Waals surface area contributed by atoms with Crippen LogP contribution in [0.15, 0.2) is 57.7 Å². The molecule has 8 heteroatoms. The number of imidazole rings is 1. The summed E-state index contributed by atoms with van der Waals surface area (Å²) in [7, 11) is 0. The maximum atomic E-state index is 13.0. The fourth-order valence-corrected chi connectivity index (χ4v) is 4.45. The minimum atomic E-state index is -4.43. The van der Waals surface area contributed by atoms with Gasteiger partial charge in [-0.1, -0.05) is 23.5 Å². The van der Waals surface area contributed by atoms with Crippen molar-refractivity contribution in [3.63, 3.8) is 0 Å². The Morgan fingerprint density at radius 1 is 1.06 bits per heavy atom. The fraction of sp³-hybridized carbons (Fsp3) is 0.130. The highest BCUT2D eigenvalue weighted by Crippen LogP contribution is 2.32. The zero-order valence-electron chi connectivity index (χ0n) is 16.4. The molecule has 0 spiro atoms. The van der Waals surface area contributed by atoms with Crippen molar-refractivity contribution in [3.05, 3.63) is 85.9 Å².